The van der Waals surface area contributed by atoms with Gasteiger partial charge in [0.15, 0.2) is 0 Å². The lowest BCUT2D eigenvalue weighted by Gasteiger charge is -2.24. The van der Waals surface area contributed by atoms with E-state index in [2.05, 4.69) is 12.2 Å². The van der Waals surface area contributed by atoms with Crippen molar-refractivity contribution in [2.75, 3.05) is 13.2 Å². The third-order valence-corrected chi connectivity index (χ3v) is 1.88. The van der Waals surface area contributed by atoms with Gasteiger partial charge in [0, 0.05) is 6.54 Å². The predicted octanol–water partition coefficient (Wildman–Crippen LogP) is 1.67. The van der Waals surface area contributed by atoms with E-state index in [1.165, 1.54) is 0 Å². The minimum absolute atomic E-state index is 0.0650. The molecule has 14 heavy (non-hydrogen) atoms. The summed E-state index contributed by atoms with van der Waals surface area (Å²) < 4.78 is 5.18. The van der Waals surface area contributed by atoms with Gasteiger partial charge in [0.25, 0.3) is 0 Å². The zero-order chi connectivity index (χ0) is 11.0. The summed E-state index contributed by atoms with van der Waals surface area (Å²) in [4.78, 5) is 11.1. The first kappa shape index (κ1) is 13.2. The number of carbonyl (C=O) groups is 1. The van der Waals surface area contributed by atoms with Crippen LogP contribution >= 0.6 is 0 Å². The third kappa shape index (κ3) is 6.71. The van der Waals surface area contributed by atoms with Crippen LogP contribution in [0.1, 0.15) is 40.0 Å². The summed E-state index contributed by atoms with van der Waals surface area (Å²) in [5.74, 6) is 0. The Morgan fingerprint density at radius 2 is 2.14 bits per heavy atom. The molecule has 0 bridgehead atoms. The molecule has 0 aromatic carbocycles. The Bertz CT molecular complexity index is 169. The van der Waals surface area contributed by atoms with Crippen LogP contribution in [0.15, 0.2) is 0 Å². The number of hydrogen-bond donors (Lipinski definition) is 2. The van der Waals surface area contributed by atoms with E-state index < -0.39 is 11.7 Å². The van der Waals surface area contributed by atoms with Crippen molar-refractivity contribution >= 4 is 6.09 Å². The van der Waals surface area contributed by atoms with E-state index in [-0.39, 0.29) is 13.2 Å². The molecular weight excluding hydrogens is 182 g/mol. The zero-order valence-corrected chi connectivity index (χ0v) is 9.30. The van der Waals surface area contributed by atoms with Crippen molar-refractivity contribution in [3.63, 3.8) is 0 Å². The highest BCUT2D eigenvalue weighted by Crippen LogP contribution is 2.17. The van der Waals surface area contributed by atoms with Crippen molar-refractivity contribution in [1.82, 2.24) is 5.32 Å². The normalized spacial score (nSPS) is 11.1. The zero-order valence-electron chi connectivity index (χ0n) is 9.30. The van der Waals surface area contributed by atoms with Gasteiger partial charge in [-0.05, 0) is 26.7 Å². The van der Waals surface area contributed by atoms with Crippen LogP contribution in [0.3, 0.4) is 0 Å². The molecule has 4 heteroatoms. The van der Waals surface area contributed by atoms with Gasteiger partial charge in [-0.25, -0.2) is 4.79 Å². The molecule has 0 saturated carbocycles. The molecule has 0 rings (SSSR count). The lowest BCUT2D eigenvalue weighted by Crippen LogP contribution is -2.35. The number of amides is 1. The van der Waals surface area contributed by atoms with Crippen molar-refractivity contribution < 1.29 is 14.6 Å². The molecule has 2 N–H and O–H groups in total. The number of aliphatic hydroxyl groups is 1. The first-order chi connectivity index (χ1) is 6.52. The van der Waals surface area contributed by atoms with Crippen molar-refractivity contribution in [2.45, 2.75) is 45.6 Å². The van der Waals surface area contributed by atoms with Gasteiger partial charge in [-0.2, -0.15) is 0 Å². The number of carbonyl (C=O) groups excluding carboxylic acids is 1. The fraction of sp³-hybridized carbons (Fsp3) is 0.900. The van der Waals surface area contributed by atoms with Gasteiger partial charge in [0.1, 0.15) is 5.60 Å². The van der Waals surface area contributed by atoms with Crippen LogP contribution in [-0.4, -0.2) is 30.0 Å². The lowest BCUT2D eigenvalue weighted by atomic mass is 10.0. The second-order valence-corrected chi connectivity index (χ2v) is 3.90. The maximum atomic E-state index is 11.1. The van der Waals surface area contributed by atoms with E-state index in [0.29, 0.717) is 0 Å². The van der Waals surface area contributed by atoms with Crippen LogP contribution in [0.4, 0.5) is 4.79 Å². The average Bonchev–Trinajstić information content (AvgIpc) is 2.11. The Morgan fingerprint density at radius 3 is 2.64 bits per heavy atom. The fourth-order valence-electron chi connectivity index (χ4n) is 1.10. The van der Waals surface area contributed by atoms with Gasteiger partial charge < -0.3 is 15.2 Å². The fourth-order valence-corrected chi connectivity index (χ4v) is 1.10. The third-order valence-electron chi connectivity index (χ3n) is 1.88. The average molecular weight is 203 g/mol. The number of rotatable bonds is 6. The van der Waals surface area contributed by atoms with Gasteiger partial charge in [-0.3, -0.25) is 0 Å². The maximum absolute atomic E-state index is 11.1. The topological polar surface area (TPSA) is 58.6 Å². The van der Waals surface area contributed by atoms with Crippen LogP contribution < -0.4 is 5.32 Å². The Kier molecular flexibility index (Phi) is 6.28. The molecule has 0 aliphatic rings. The van der Waals surface area contributed by atoms with Gasteiger partial charge in [0.2, 0.25) is 0 Å². The molecule has 0 saturated heterocycles. The van der Waals surface area contributed by atoms with Crippen LogP contribution in [0.5, 0.6) is 0 Å². The van der Waals surface area contributed by atoms with Gasteiger partial charge >= 0.3 is 6.09 Å². The molecule has 0 heterocycles. The largest absolute Gasteiger partial charge is 0.444 e. The summed E-state index contributed by atoms with van der Waals surface area (Å²) >= 11 is 0. The molecular formula is C10H21NO3. The number of nitrogens with one attached hydrogen (secondary N) is 1. The molecule has 84 valence electrons. The second-order valence-electron chi connectivity index (χ2n) is 3.90. The highest BCUT2D eigenvalue weighted by molar-refractivity contribution is 5.67. The molecule has 1 amide bonds. The maximum Gasteiger partial charge on any atom is 0.407 e. The number of alkyl carbamates (subject to hydrolysis) is 1. The summed E-state index contributed by atoms with van der Waals surface area (Å²) in [6, 6.07) is 0. The summed E-state index contributed by atoms with van der Waals surface area (Å²) in [5.41, 5.74) is -0.421. The molecule has 0 aliphatic heterocycles. The highest BCUT2D eigenvalue weighted by atomic mass is 16.6. The van der Waals surface area contributed by atoms with E-state index in [1.807, 2.05) is 13.8 Å². The predicted molar refractivity (Wildman–Crippen MR) is 55.2 cm³/mol. The minimum Gasteiger partial charge on any atom is -0.444 e. The Labute approximate surface area is 85.6 Å². The van der Waals surface area contributed by atoms with Crippen molar-refractivity contribution in [2.24, 2.45) is 0 Å². The van der Waals surface area contributed by atoms with Crippen molar-refractivity contribution in [3.8, 4) is 0 Å². The van der Waals surface area contributed by atoms with E-state index in [9.17, 15) is 4.79 Å². The van der Waals surface area contributed by atoms with Crippen LogP contribution in [0.25, 0.3) is 0 Å². The first-order valence-electron chi connectivity index (χ1n) is 5.09. The van der Waals surface area contributed by atoms with E-state index in [0.717, 1.165) is 19.3 Å². The van der Waals surface area contributed by atoms with Crippen molar-refractivity contribution in [1.29, 1.82) is 0 Å². The first-order valence-corrected chi connectivity index (χ1v) is 5.09. The summed E-state index contributed by atoms with van der Waals surface area (Å²) in [6.07, 6.45) is 2.53. The van der Waals surface area contributed by atoms with Gasteiger partial charge in [0.05, 0.1) is 6.61 Å². The Hall–Kier alpha value is -0.770. The van der Waals surface area contributed by atoms with Gasteiger partial charge in [-0.1, -0.05) is 13.3 Å². The molecule has 0 aromatic heterocycles. The minimum atomic E-state index is -0.458. The molecule has 0 aliphatic carbocycles. The van der Waals surface area contributed by atoms with Crippen LogP contribution in [-0.2, 0) is 4.74 Å². The van der Waals surface area contributed by atoms with Crippen LogP contribution in [0, 0.1) is 0 Å². The molecule has 4 nitrogen and oxygen atoms in total. The van der Waals surface area contributed by atoms with Gasteiger partial charge in [-0.15, -0.1) is 0 Å². The molecule has 0 unspecified atom stereocenters. The van der Waals surface area contributed by atoms with Crippen molar-refractivity contribution in [3.05, 3.63) is 0 Å². The molecule has 0 atom stereocenters. The SMILES string of the molecule is CCCCC(C)(C)OC(=O)NCCO. The van der Waals surface area contributed by atoms with E-state index in [1.54, 1.807) is 0 Å². The van der Waals surface area contributed by atoms with E-state index in [4.69, 9.17) is 9.84 Å². The number of ether oxygens (including phenoxy) is 1. The Morgan fingerprint density at radius 1 is 1.50 bits per heavy atom. The second kappa shape index (κ2) is 6.65. The lowest BCUT2D eigenvalue weighted by molar-refractivity contribution is 0.0305. The quantitative estimate of drug-likeness (QED) is 0.690. The number of aliphatic hydroxyl groups excluding tert-OH is 1. The summed E-state index contributed by atoms with van der Waals surface area (Å²) in [6.45, 7) is 6.05. The van der Waals surface area contributed by atoms with E-state index >= 15 is 0 Å². The smallest absolute Gasteiger partial charge is 0.407 e. The van der Waals surface area contributed by atoms with Crippen LogP contribution in [0.2, 0.25) is 0 Å². The molecule has 0 spiro atoms. The summed E-state index contributed by atoms with van der Waals surface area (Å²) in [5, 5.41) is 10.9. The Balaban J connectivity index is 3.76. The summed E-state index contributed by atoms with van der Waals surface area (Å²) in [7, 11) is 0. The number of hydrogen-bond acceptors (Lipinski definition) is 3. The standard InChI is InChI=1S/C10H21NO3/c1-4-5-6-10(2,3)14-9(13)11-7-8-12/h12H,4-8H2,1-3H3,(H,11,13). The molecule has 0 radical (unpaired) electrons. The highest BCUT2D eigenvalue weighted by Gasteiger charge is 2.21. The monoisotopic (exact) mass is 203 g/mol. The number of unbranched alkanes of at least 4 members (excludes halogenated alkanes) is 1. The molecule has 0 aromatic rings. The molecule has 0 fully saturated rings.